The molecule has 1 N–H and O–H groups in total. The second kappa shape index (κ2) is 3.85. The maximum atomic E-state index is 12.4. The molecule has 3 heteroatoms. The number of rotatable bonds is 2. The van der Waals surface area contributed by atoms with Crippen LogP contribution in [0.2, 0.25) is 0 Å². The summed E-state index contributed by atoms with van der Waals surface area (Å²) in [6, 6.07) is 5.45. The molecule has 0 heterocycles. The van der Waals surface area contributed by atoms with Crippen LogP contribution in [0.5, 0.6) is 0 Å². The number of halogens is 1. The van der Waals surface area contributed by atoms with Crippen LogP contribution >= 0.6 is 0 Å². The Balaban J connectivity index is 2.75. The maximum absolute atomic E-state index is 12.4. The molecule has 1 amide bonds. The number of carbonyl (C=O) groups excluding carboxylic acids is 1. The molecule has 0 unspecified atom stereocenters. The number of benzene rings is 1. The van der Waals surface area contributed by atoms with E-state index in [1.807, 2.05) is 6.92 Å². The van der Waals surface area contributed by atoms with E-state index in [0.717, 1.165) is 0 Å². The summed E-state index contributed by atoms with van der Waals surface area (Å²) in [4.78, 5) is 11.1. The first kappa shape index (κ1) is 8.71. The second-order valence-corrected chi connectivity index (χ2v) is 2.37. The van der Waals surface area contributed by atoms with E-state index in [-0.39, 0.29) is 11.7 Å². The fraction of sp³-hybridized carbons (Fsp3) is 0.222. The summed E-state index contributed by atoms with van der Waals surface area (Å²) in [6.45, 7) is 2.41. The van der Waals surface area contributed by atoms with Gasteiger partial charge >= 0.3 is 0 Å². The third kappa shape index (κ3) is 2.05. The number of hydrogen-bond donors (Lipinski definition) is 1. The van der Waals surface area contributed by atoms with Crippen LogP contribution in [-0.2, 0) is 0 Å². The zero-order valence-corrected chi connectivity index (χ0v) is 6.80. The van der Waals surface area contributed by atoms with Gasteiger partial charge in [0.25, 0.3) is 5.91 Å². The monoisotopic (exact) mass is 167 g/mol. The first-order valence-electron chi connectivity index (χ1n) is 3.78. The van der Waals surface area contributed by atoms with Crippen LogP contribution in [-0.4, -0.2) is 12.5 Å². The van der Waals surface area contributed by atoms with Gasteiger partial charge in [-0.25, -0.2) is 4.39 Å². The Labute approximate surface area is 70.4 Å². The topological polar surface area (TPSA) is 29.1 Å². The van der Waals surface area contributed by atoms with Gasteiger partial charge in [-0.1, -0.05) is 0 Å². The van der Waals surface area contributed by atoms with Crippen molar-refractivity contribution in [2.24, 2.45) is 0 Å². The van der Waals surface area contributed by atoms with E-state index in [2.05, 4.69) is 5.32 Å². The number of nitrogens with one attached hydrogen (secondary N) is 1. The molecule has 0 radical (unpaired) electrons. The van der Waals surface area contributed by atoms with Crippen LogP contribution in [0.3, 0.4) is 0 Å². The lowest BCUT2D eigenvalue weighted by atomic mass is 10.2. The van der Waals surface area contributed by atoms with Gasteiger partial charge in [-0.3, -0.25) is 4.79 Å². The zero-order valence-electron chi connectivity index (χ0n) is 6.80. The minimum atomic E-state index is -0.331. The molecule has 0 aliphatic rings. The predicted molar refractivity (Wildman–Crippen MR) is 44.4 cm³/mol. The molecule has 1 aromatic rings. The summed E-state index contributed by atoms with van der Waals surface area (Å²) < 4.78 is 12.4. The molecule has 2 nitrogen and oxygen atoms in total. The SMILES string of the molecule is CCNC(=O)c1ccc(F)cc1. The van der Waals surface area contributed by atoms with Gasteiger partial charge in [0.2, 0.25) is 0 Å². The van der Waals surface area contributed by atoms with Crippen molar-refractivity contribution in [2.75, 3.05) is 6.54 Å². The predicted octanol–water partition coefficient (Wildman–Crippen LogP) is 1.58. The molecule has 0 aliphatic heterocycles. The molecular formula is C9H10FNO. The fourth-order valence-corrected chi connectivity index (χ4v) is 0.864. The van der Waals surface area contributed by atoms with Gasteiger partial charge in [-0.2, -0.15) is 0 Å². The van der Waals surface area contributed by atoms with Crippen molar-refractivity contribution in [1.29, 1.82) is 0 Å². The molecule has 0 aromatic heterocycles. The average molecular weight is 167 g/mol. The Morgan fingerprint density at radius 2 is 2.00 bits per heavy atom. The van der Waals surface area contributed by atoms with E-state index in [1.54, 1.807) is 0 Å². The lowest BCUT2D eigenvalue weighted by Crippen LogP contribution is -2.22. The van der Waals surface area contributed by atoms with Crippen LogP contribution in [0.15, 0.2) is 24.3 Å². The molecule has 0 spiro atoms. The highest BCUT2D eigenvalue weighted by Gasteiger charge is 2.02. The summed E-state index contributed by atoms with van der Waals surface area (Å²) in [7, 11) is 0. The van der Waals surface area contributed by atoms with Crippen molar-refractivity contribution in [2.45, 2.75) is 6.92 Å². The van der Waals surface area contributed by atoms with Crippen LogP contribution < -0.4 is 5.32 Å². The molecule has 1 rings (SSSR count). The number of carbonyl (C=O) groups is 1. The van der Waals surface area contributed by atoms with Gasteiger partial charge in [-0.05, 0) is 31.2 Å². The lowest BCUT2D eigenvalue weighted by molar-refractivity contribution is 0.0956. The van der Waals surface area contributed by atoms with E-state index >= 15 is 0 Å². The van der Waals surface area contributed by atoms with Crippen LogP contribution in [0.25, 0.3) is 0 Å². The van der Waals surface area contributed by atoms with Gasteiger partial charge in [0.15, 0.2) is 0 Å². The van der Waals surface area contributed by atoms with Crippen LogP contribution in [0, 0.1) is 5.82 Å². The lowest BCUT2D eigenvalue weighted by Gasteiger charge is -2.00. The Morgan fingerprint density at radius 1 is 1.42 bits per heavy atom. The molecular weight excluding hydrogens is 157 g/mol. The first-order valence-corrected chi connectivity index (χ1v) is 3.78. The number of hydrogen-bond acceptors (Lipinski definition) is 1. The van der Waals surface area contributed by atoms with Gasteiger partial charge in [0.1, 0.15) is 5.82 Å². The minimum Gasteiger partial charge on any atom is -0.352 e. The molecule has 1 aromatic carbocycles. The van der Waals surface area contributed by atoms with Crippen molar-refractivity contribution >= 4 is 5.91 Å². The minimum absolute atomic E-state index is 0.169. The number of amides is 1. The quantitative estimate of drug-likeness (QED) is 0.711. The van der Waals surface area contributed by atoms with Crippen molar-refractivity contribution in [3.63, 3.8) is 0 Å². The molecule has 12 heavy (non-hydrogen) atoms. The third-order valence-corrected chi connectivity index (χ3v) is 1.44. The van der Waals surface area contributed by atoms with E-state index in [1.165, 1.54) is 24.3 Å². The summed E-state index contributed by atoms with van der Waals surface area (Å²) in [6.07, 6.45) is 0. The van der Waals surface area contributed by atoms with Crippen molar-refractivity contribution < 1.29 is 9.18 Å². The van der Waals surface area contributed by atoms with E-state index in [9.17, 15) is 9.18 Å². The normalized spacial score (nSPS) is 9.50. The highest BCUT2D eigenvalue weighted by atomic mass is 19.1. The molecule has 0 bridgehead atoms. The Morgan fingerprint density at radius 3 is 2.50 bits per heavy atom. The molecule has 0 atom stereocenters. The average Bonchev–Trinajstić information content (AvgIpc) is 2.06. The van der Waals surface area contributed by atoms with Gasteiger partial charge < -0.3 is 5.32 Å². The smallest absolute Gasteiger partial charge is 0.251 e. The van der Waals surface area contributed by atoms with E-state index in [0.29, 0.717) is 12.1 Å². The van der Waals surface area contributed by atoms with Crippen molar-refractivity contribution in [1.82, 2.24) is 5.32 Å². The summed E-state index contributed by atoms with van der Waals surface area (Å²) >= 11 is 0. The van der Waals surface area contributed by atoms with Crippen molar-refractivity contribution in [3.05, 3.63) is 35.6 Å². The van der Waals surface area contributed by atoms with Gasteiger partial charge in [0, 0.05) is 12.1 Å². The standard InChI is InChI=1S/C9H10FNO/c1-2-11-9(12)7-3-5-8(10)6-4-7/h3-6H,2H2,1H3,(H,11,12). The molecule has 0 fully saturated rings. The van der Waals surface area contributed by atoms with Gasteiger partial charge in [0.05, 0.1) is 0 Å². The fourth-order valence-electron chi connectivity index (χ4n) is 0.864. The first-order chi connectivity index (χ1) is 5.74. The van der Waals surface area contributed by atoms with Gasteiger partial charge in [-0.15, -0.1) is 0 Å². The summed E-state index contributed by atoms with van der Waals surface area (Å²) in [5, 5.41) is 2.62. The Hall–Kier alpha value is -1.38. The van der Waals surface area contributed by atoms with E-state index in [4.69, 9.17) is 0 Å². The summed E-state index contributed by atoms with van der Waals surface area (Å²) in [5.41, 5.74) is 0.484. The zero-order chi connectivity index (χ0) is 8.97. The Bertz CT molecular complexity index is 268. The third-order valence-electron chi connectivity index (χ3n) is 1.44. The highest BCUT2D eigenvalue weighted by Crippen LogP contribution is 2.01. The second-order valence-electron chi connectivity index (χ2n) is 2.37. The molecule has 0 aliphatic carbocycles. The Kier molecular flexibility index (Phi) is 2.80. The van der Waals surface area contributed by atoms with E-state index < -0.39 is 0 Å². The van der Waals surface area contributed by atoms with Crippen molar-refractivity contribution in [3.8, 4) is 0 Å². The largest absolute Gasteiger partial charge is 0.352 e. The van der Waals surface area contributed by atoms with Crippen LogP contribution in [0.4, 0.5) is 4.39 Å². The summed E-state index contributed by atoms with van der Waals surface area (Å²) in [5.74, 6) is -0.499. The molecule has 64 valence electrons. The molecule has 0 saturated heterocycles. The highest BCUT2D eigenvalue weighted by molar-refractivity contribution is 5.94. The van der Waals surface area contributed by atoms with Crippen LogP contribution in [0.1, 0.15) is 17.3 Å². The molecule has 0 saturated carbocycles. The maximum Gasteiger partial charge on any atom is 0.251 e.